The maximum Gasteiger partial charge on any atom is 0.119 e. The zero-order chi connectivity index (χ0) is 18.3. The highest BCUT2D eigenvalue weighted by Gasteiger charge is 2.56. The summed E-state index contributed by atoms with van der Waals surface area (Å²) in [5, 5.41) is 14.7. The van der Waals surface area contributed by atoms with E-state index < -0.39 is 5.60 Å². The van der Waals surface area contributed by atoms with Gasteiger partial charge in [0.2, 0.25) is 0 Å². The Morgan fingerprint density at radius 2 is 1.57 bits per heavy atom. The van der Waals surface area contributed by atoms with E-state index in [9.17, 15) is 5.11 Å². The Balaban J connectivity index is 0.00000192. The highest BCUT2D eigenvalue weighted by atomic mass is 35.5. The smallest absolute Gasteiger partial charge is 0.119 e. The summed E-state index contributed by atoms with van der Waals surface area (Å²) in [5.74, 6) is 2.35. The fourth-order valence-electron chi connectivity index (χ4n) is 6.16. The largest absolute Gasteiger partial charge is 0.489 e. The van der Waals surface area contributed by atoms with E-state index in [1.54, 1.807) is 0 Å². The lowest BCUT2D eigenvalue weighted by molar-refractivity contribution is -0.142. The first-order chi connectivity index (χ1) is 13.1. The van der Waals surface area contributed by atoms with Crippen molar-refractivity contribution in [3.8, 4) is 5.75 Å². The molecule has 0 amide bonds. The van der Waals surface area contributed by atoms with E-state index in [2.05, 4.69) is 41.7 Å². The Morgan fingerprint density at radius 3 is 2.21 bits per heavy atom. The molecule has 6 rings (SSSR count). The van der Waals surface area contributed by atoms with Gasteiger partial charge in [-0.05, 0) is 73.6 Å². The minimum Gasteiger partial charge on any atom is -0.489 e. The molecule has 150 valence electrons. The number of aliphatic hydroxyl groups is 1. The summed E-state index contributed by atoms with van der Waals surface area (Å²) in [7, 11) is 0. The summed E-state index contributed by atoms with van der Waals surface area (Å²) in [6.07, 6.45) is 6.80. The molecular formula is C24H30ClNO2. The molecule has 0 saturated heterocycles. The number of ether oxygens (including phenoxy) is 1. The van der Waals surface area contributed by atoms with Crippen molar-refractivity contribution in [2.45, 2.75) is 62.8 Å². The van der Waals surface area contributed by atoms with Gasteiger partial charge in [-0.15, -0.1) is 12.4 Å². The summed E-state index contributed by atoms with van der Waals surface area (Å²) >= 11 is 0. The maximum absolute atomic E-state index is 10.9. The van der Waals surface area contributed by atoms with Crippen LogP contribution < -0.4 is 10.1 Å². The van der Waals surface area contributed by atoms with Gasteiger partial charge in [0.05, 0.1) is 5.60 Å². The van der Waals surface area contributed by atoms with Gasteiger partial charge in [-0.1, -0.05) is 42.5 Å². The first-order valence-corrected chi connectivity index (χ1v) is 10.3. The van der Waals surface area contributed by atoms with Gasteiger partial charge in [-0.2, -0.15) is 0 Å². The van der Waals surface area contributed by atoms with Crippen LogP contribution in [0.15, 0.2) is 54.6 Å². The highest BCUT2D eigenvalue weighted by molar-refractivity contribution is 5.85. The lowest BCUT2D eigenvalue weighted by Crippen LogP contribution is -2.64. The second kappa shape index (κ2) is 7.70. The molecule has 4 aliphatic carbocycles. The number of benzene rings is 2. The SMILES string of the molecule is Cl.OC12CC3CC(C1)CC(NCc1ccc(OCc4ccccc4)cc1)(C3)C2. The number of nitrogens with one attached hydrogen (secondary N) is 1. The molecule has 28 heavy (non-hydrogen) atoms. The van der Waals surface area contributed by atoms with Crippen molar-refractivity contribution in [3.63, 3.8) is 0 Å². The van der Waals surface area contributed by atoms with Gasteiger partial charge >= 0.3 is 0 Å². The first-order valence-electron chi connectivity index (χ1n) is 10.3. The van der Waals surface area contributed by atoms with E-state index in [4.69, 9.17) is 4.74 Å². The van der Waals surface area contributed by atoms with Crippen LogP contribution in [0.3, 0.4) is 0 Å². The van der Waals surface area contributed by atoms with Crippen molar-refractivity contribution in [1.82, 2.24) is 5.32 Å². The molecule has 2 unspecified atom stereocenters. The fourth-order valence-corrected chi connectivity index (χ4v) is 6.16. The monoisotopic (exact) mass is 399 g/mol. The van der Waals surface area contributed by atoms with Crippen molar-refractivity contribution in [2.75, 3.05) is 0 Å². The average molecular weight is 400 g/mol. The predicted molar refractivity (Wildman–Crippen MR) is 114 cm³/mol. The molecule has 4 aliphatic rings. The van der Waals surface area contributed by atoms with Crippen LogP contribution in [0, 0.1) is 11.8 Å². The Kier molecular flexibility index (Phi) is 5.43. The zero-order valence-corrected chi connectivity index (χ0v) is 17.1. The Labute approximate surface area is 173 Å². The minimum absolute atomic E-state index is 0. The second-order valence-electron chi connectivity index (χ2n) is 9.24. The molecular weight excluding hydrogens is 370 g/mol. The molecule has 2 aromatic rings. The second-order valence-corrected chi connectivity index (χ2v) is 9.24. The molecule has 0 aromatic heterocycles. The third kappa shape index (κ3) is 4.07. The first kappa shape index (κ1) is 19.8. The van der Waals surface area contributed by atoms with E-state index in [1.807, 2.05) is 18.2 Å². The summed E-state index contributed by atoms with van der Waals surface area (Å²) in [4.78, 5) is 0. The zero-order valence-electron chi connectivity index (χ0n) is 16.3. The third-order valence-electron chi connectivity index (χ3n) is 6.87. The average Bonchev–Trinajstić information content (AvgIpc) is 2.64. The maximum atomic E-state index is 10.9. The van der Waals surface area contributed by atoms with Gasteiger partial charge in [0.15, 0.2) is 0 Å². The van der Waals surface area contributed by atoms with Crippen LogP contribution in [0.1, 0.15) is 49.7 Å². The van der Waals surface area contributed by atoms with Gasteiger partial charge in [-0.25, -0.2) is 0 Å². The number of hydrogen-bond acceptors (Lipinski definition) is 3. The Hall–Kier alpha value is -1.55. The predicted octanol–water partition coefficient (Wildman–Crippen LogP) is 4.86. The third-order valence-corrected chi connectivity index (χ3v) is 6.87. The van der Waals surface area contributed by atoms with Gasteiger partial charge < -0.3 is 15.2 Å². The van der Waals surface area contributed by atoms with Crippen LogP contribution >= 0.6 is 12.4 Å². The summed E-state index contributed by atoms with van der Waals surface area (Å²) in [5.41, 5.74) is 2.22. The van der Waals surface area contributed by atoms with Crippen LogP contribution in [-0.4, -0.2) is 16.2 Å². The van der Waals surface area contributed by atoms with E-state index in [0.29, 0.717) is 6.61 Å². The quantitative estimate of drug-likeness (QED) is 0.728. The van der Waals surface area contributed by atoms with Gasteiger partial charge in [0.25, 0.3) is 0 Å². The molecule has 0 heterocycles. The molecule has 3 nitrogen and oxygen atoms in total. The molecule has 0 radical (unpaired) electrons. The highest BCUT2D eigenvalue weighted by Crippen LogP contribution is 2.57. The standard InChI is InChI=1S/C24H29NO2.ClH/c26-24-13-20-10-21(14-24)12-23(11-20,17-24)25-15-18-6-8-22(9-7-18)27-16-19-4-2-1-3-5-19;/h1-9,20-21,25-26H,10-17H2;1H. The van der Waals surface area contributed by atoms with Crippen LogP contribution in [0.4, 0.5) is 0 Å². The normalized spacial score (nSPS) is 32.8. The lowest BCUT2D eigenvalue weighted by atomic mass is 9.51. The molecule has 0 spiro atoms. The summed E-state index contributed by atoms with van der Waals surface area (Å²) in [6.45, 7) is 1.47. The summed E-state index contributed by atoms with van der Waals surface area (Å²) < 4.78 is 5.89. The van der Waals surface area contributed by atoms with Crippen LogP contribution in [0.5, 0.6) is 5.75 Å². The van der Waals surface area contributed by atoms with E-state index >= 15 is 0 Å². The minimum atomic E-state index is -0.397. The molecule has 4 fully saturated rings. The topological polar surface area (TPSA) is 41.5 Å². The lowest BCUT2D eigenvalue weighted by Gasteiger charge is -2.60. The van der Waals surface area contributed by atoms with Crippen molar-refractivity contribution in [3.05, 3.63) is 65.7 Å². The number of rotatable bonds is 6. The van der Waals surface area contributed by atoms with Crippen LogP contribution in [0.25, 0.3) is 0 Å². The van der Waals surface area contributed by atoms with Gasteiger partial charge in [0, 0.05) is 12.1 Å². The van der Waals surface area contributed by atoms with Crippen molar-refractivity contribution >= 4 is 12.4 Å². The van der Waals surface area contributed by atoms with Crippen LogP contribution in [0.2, 0.25) is 0 Å². The molecule has 0 aliphatic heterocycles. The molecule has 2 aromatic carbocycles. The fraction of sp³-hybridized carbons (Fsp3) is 0.500. The van der Waals surface area contributed by atoms with E-state index in [1.165, 1.54) is 30.4 Å². The van der Waals surface area contributed by atoms with Gasteiger partial charge in [0.1, 0.15) is 12.4 Å². The molecule has 2 atom stereocenters. The van der Waals surface area contributed by atoms with E-state index in [-0.39, 0.29) is 17.9 Å². The number of hydrogen-bond donors (Lipinski definition) is 2. The molecule has 4 bridgehead atoms. The van der Waals surface area contributed by atoms with Gasteiger partial charge in [-0.3, -0.25) is 0 Å². The van der Waals surface area contributed by atoms with Crippen molar-refractivity contribution in [1.29, 1.82) is 0 Å². The van der Waals surface area contributed by atoms with Crippen LogP contribution in [-0.2, 0) is 13.2 Å². The molecule has 2 N–H and O–H groups in total. The molecule has 4 heteroatoms. The van der Waals surface area contributed by atoms with Crippen molar-refractivity contribution in [2.24, 2.45) is 11.8 Å². The Bertz CT molecular complexity index is 778. The van der Waals surface area contributed by atoms with Crippen molar-refractivity contribution < 1.29 is 9.84 Å². The summed E-state index contributed by atoms with van der Waals surface area (Å²) in [6, 6.07) is 18.7. The van der Waals surface area contributed by atoms with E-state index in [0.717, 1.165) is 43.4 Å². The molecule has 4 saturated carbocycles. The Morgan fingerprint density at radius 1 is 0.893 bits per heavy atom. The number of halogens is 1.